The van der Waals surface area contributed by atoms with Gasteiger partial charge in [0.05, 0.1) is 0 Å². The highest BCUT2D eigenvalue weighted by Gasteiger charge is 2.12. The summed E-state index contributed by atoms with van der Waals surface area (Å²) in [5.41, 5.74) is 3.67. The summed E-state index contributed by atoms with van der Waals surface area (Å²) in [4.78, 5) is 6.76. The highest BCUT2D eigenvalue weighted by atomic mass is 79.9. The van der Waals surface area contributed by atoms with Crippen LogP contribution in [-0.4, -0.2) is 11.5 Å². The zero-order chi connectivity index (χ0) is 13.0. The van der Waals surface area contributed by atoms with Crippen molar-refractivity contribution in [2.45, 2.75) is 19.2 Å². The molecule has 1 aromatic heterocycles. The molecular weight excluding hydrogens is 288 g/mol. The van der Waals surface area contributed by atoms with E-state index >= 15 is 0 Å². The van der Waals surface area contributed by atoms with E-state index in [9.17, 15) is 0 Å². The van der Waals surface area contributed by atoms with Gasteiger partial charge in [-0.3, -0.25) is 0 Å². The molecule has 0 unspecified atom stereocenters. The van der Waals surface area contributed by atoms with Gasteiger partial charge >= 0.3 is 0 Å². The first-order valence-corrected chi connectivity index (χ1v) is 7.22. The zero-order valence-electron chi connectivity index (χ0n) is 10.7. The van der Waals surface area contributed by atoms with Crippen LogP contribution < -0.4 is 4.90 Å². The molecule has 2 nitrogen and oxygen atoms in total. The second-order valence-electron chi connectivity index (χ2n) is 4.20. The van der Waals surface area contributed by atoms with Gasteiger partial charge in [0.2, 0.25) is 0 Å². The predicted molar refractivity (Wildman–Crippen MR) is 80.7 cm³/mol. The number of hydrogen-bond acceptors (Lipinski definition) is 2. The number of halogens is 1. The second-order valence-corrected chi connectivity index (χ2v) is 4.76. The zero-order valence-corrected chi connectivity index (χ0v) is 12.3. The SMILES string of the molecule is CCN(c1cccc(C)c1)c1ncccc1CBr. The molecule has 0 saturated heterocycles. The monoisotopic (exact) mass is 304 g/mol. The third-order valence-electron chi connectivity index (χ3n) is 2.90. The Kier molecular flexibility index (Phi) is 4.37. The van der Waals surface area contributed by atoms with Gasteiger partial charge in [0.1, 0.15) is 5.82 Å². The molecule has 94 valence electrons. The minimum absolute atomic E-state index is 0.818. The van der Waals surface area contributed by atoms with Crippen LogP contribution in [0.25, 0.3) is 0 Å². The standard InChI is InChI=1S/C15H17BrN2/c1-3-18(14-8-4-6-12(2)10-14)15-13(11-16)7-5-9-17-15/h4-10H,3,11H2,1-2H3. The maximum Gasteiger partial charge on any atom is 0.136 e. The molecule has 0 spiro atoms. The Morgan fingerprint density at radius 1 is 1.22 bits per heavy atom. The molecule has 2 aromatic rings. The molecule has 0 atom stereocenters. The quantitative estimate of drug-likeness (QED) is 0.776. The average molecular weight is 305 g/mol. The molecule has 0 N–H and O–H groups in total. The maximum absolute atomic E-state index is 4.52. The van der Waals surface area contributed by atoms with Crippen molar-refractivity contribution in [3.05, 3.63) is 53.7 Å². The molecule has 2 rings (SSSR count). The van der Waals surface area contributed by atoms with E-state index in [1.54, 1.807) is 0 Å². The van der Waals surface area contributed by atoms with Crippen molar-refractivity contribution in [2.75, 3.05) is 11.4 Å². The number of alkyl halides is 1. The lowest BCUT2D eigenvalue weighted by atomic mass is 10.2. The molecule has 0 amide bonds. The van der Waals surface area contributed by atoms with Crippen LogP contribution in [0.1, 0.15) is 18.1 Å². The van der Waals surface area contributed by atoms with Crippen LogP contribution in [0.4, 0.5) is 11.5 Å². The van der Waals surface area contributed by atoms with Gasteiger partial charge in [0, 0.05) is 29.3 Å². The summed E-state index contributed by atoms with van der Waals surface area (Å²) in [6.07, 6.45) is 1.85. The van der Waals surface area contributed by atoms with Crippen LogP contribution in [-0.2, 0) is 5.33 Å². The summed E-state index contributed by atoms with van der Waals surface area (Å²) < 4.78 is 0. The fourth-order valence-electron chi connectivity index (χ4n) is 2.03. The Bertz CT molecular complexity index is 525. The molecule has 1 heterocycles. The Morgan fingerprint density at radius 3 is 2.72 bits per heavy atom. The Labute approximate surface area is 117 Å². The molecule has 0 radical (unpaired) electrons. The highest BCUT2D eigenvalue weighted by Crippen LogP contribution is 2.27. The number of aromatic nitrogens is 1. The highest BCUT2D eigenvalue weighted by molar-refractivity contribution is 9.08. The lowest BCUT2D eigenvalue weighted by Gasteiger charge is -2.24. The van der Waals surface area contributed by atoms with Gasteiger partial charge < -0.3 is 4.90 Å². The number of pyridine rings is 1. The topological polar surface area (TPSA) is 16.1 Å². The van der Waals surface area contributed by atoms with E-state index < -0.39 is 0 Å². The van der Waals surface area contributed by atoms with E-state index in [1.807, 2.05) is 12.3 Å². The summed E-state index contributed by atoms with van der Waals surface area (Å²) in [5, 5.41) is 0.818. The number of rotatable bonds is 4. The fraction of sp³-hybridized carbons (Fsp3) is 0.267. The largest absolute Gasteiger partial charge is 0.326 e. The Hall–Kier alpha value is -1.35. The molecule has 0 aliphatic carbocycles. The average Bonchev–Trinajstić information content (AvgIpc) is 2.40. The molecule has 0 aliphatic rings. The Morgan fingerprint density at radius 2 is 2.06 bits per heavy atom. The minimum atomic E-state index is 0.818. The summed E-state index contributed by atoms with van der Waals surface area (Å²) in [6, 6.07) is 12.6. The molecular formula is C15H17BrN2. The third kappa shape index (κ3) is 2.72. The first-order chi connectivity index (χ1) is 8.76. The summed E-state index contributed by atoms with van der Waals surface area (Å²) in [7, 11) is 0. The van der Waals surface area contributed by atoms with E-state index in [-0.39, 0.29) is 0 Å². The van der Waals surface area contributed by atoms with E-state index in [2.05, 4.69) is 70.0 Å². The van der Waals surface area contributed by atoms with Gasteiger partial charge in [-0.05, 0) is 37.6 Å². The van der Waals surface area contributed by atoms with Crippen LogP contribution in [0.15, 0.2) is 42.6 Å². The van der Waals surface area contributed by atoms with Crippen molar-refractivity contribution < 1.29 is 0 Å². The van der Waals surface area contributed by atoms with Crippen LogP contribution in [0.5, 0.6) is 0 Å². The van der Waals surface area contributed by atoms with Crippen molar-refractivity contribution in [1.82, 2.24) is 4.98 Å². The third-order valence-corrected chi connectivity index (χ3v) is 3.50. The van der Waals surface area contributed by atoms with Gasteiger partial charge in [0.25, 0.3) is 0 Å². The van der Waals surface area contributed by atoms with Gasteiger partial charge in [0.15, 0.2) is 0 Å². The van der Waals surface area contributed by atoms with Crippen LogP contribution in [0.3, 0.4) is 0 Å². The molecule has 0 saturated carbocycles. The number of hydrogen-bond donors (Lipinski definition) is 0. The van der Waals surface area contributed by atoms with Gasteiger partial charge in [-0.1, -0.05) is 34.1 Å². The number of anilines is 2. The molecule has 1 aromatic carbocycles. The molecule has 3 heteroatoms. The first-order valence-electron chi connectivity index (χ1n) is 6.10. The van der Waals surface area contributed by atoms with E-state index in [1.165, 1.54) is 16.8 Å². The van der Waals surface area contributed by atoms with Crippen molar-refractivity contribution in [1.29, 1.82) is 0 Å². The summed E-state index contributed by atoms with van der Waals surface area (Å²) in [6.45, 7) is 5.16. The van der Waals surface area contributed by atoms with Gasteiger partial charge in [-0.2, -0.15) is 0 Å². The van der Waals surface area contributed by atoms with Crippen LogP contribution >= 0.6 is 15.9 Å². The number of nitrogens with zero attached hydrogens (tertiary/aromatic N) is 2. The van der Waals surface area contributed by atoms with Crippen LogP contribution in [0, 0.1) is 6.92 Å². The van der Waals surface area contributed by atoms with Gasteiger partial charge in [-0.25, -0.2) is 4.98 Å². The van der Waals surface area contributed by atoms with Crippen LogP contribution in [0.2, 0.25) is 0 Å². The fourth-order valence-corrected chi connectivity index (χ4v) is 2.47. The molecule has 0 aliphatic heterocycles. The van der Waals surface area contributed by atoms with Gasteiger partial charge in [-0.15, -0.1) is 0 Å². The van der Waals surface area contributed by atoms with Crippen molar-refractivity contribution in [3.63, 3.8) is 0 Å². The van der Waals surface area contributed by atoms with E-state index in [0.29, 0.717) is 0 Å². The Balaban J connectivity index is 2.45. The van der Waals surface area contributed by atoms with Crippen molar-refractivity contribution in [3.8, 4) is 0 Å². The summed E-state index contributed by atoms with van der Waals surface area (Å²) >= 11 is 3.53. The van der Waals surface area contributed by atoms with Crippen molar-refractivity contribution in [2.24, 2.45) is 0 Å². The predicted octanol–water partition coefficient (Wildman–Crippen LogP) is 4.44. The first kappa shape index (κ1) is 13.1. The lowest BCUT2D eigenvalue weighted by Crippen LogP contribution is -2.18. The molecule has 18 heavy (non-hydrogen) atoms. The second kappa shape index (κ2) is 6.01. The number of benzene rings is 1. The van der Waals surface area contributed by atoms with E-state index in [0.717, 1.165) is 17.7 Å². The normalized spacial score (nSPS) is 10.4. The van der Waals surface area contributed by atoms with E-state index in [4.69, 9.17) is 0 Å². The molecule has 0 fully saturated rings. The lowest BCUT2D eigenvalue weighted by molar-refractivity contribution is 0.976. The molecule has 0 bridgehead atoms. The number of aryl methyl sites for hydroxylation is 1. The smallest absolute Gasteiger partial charge is 0.136 e. The minimum Gasteiger partial charge on any atom is -0.326 e. The summed E-state index contributed by atoms with van der Waals surface area (Å²) in [5.74, 6) is 1.03. The maximum atomic E-state index is 4.52. The van der Waals surface area contributed by atoms with Crippen molar-refractivity contribution >= 4 is 27.4 Å².